The van der Waals surface area contributed by atoms with Gasteiger partial charge in [0.05, 0.1) is 6.42 Å². The molecule has 6 nitrogen and oxygen atoms in total. The van der Waals surface area contributed by atoms with Crippen molar-refractivity contribution in [3.05, 3.63) is 0 Å². The Labute approximate surface area is 117 Å². The van der Waals surface area contributed by atoms with Gasteiger partial charge in [0.2, 0.25) is 0 Å². The van der Waals surface area contributed by atoms with Gasteiger partial charge in [0.25, 0.3) is 0 Å². The van der Waals surface area contributed by atoms with E-state index in [-0.39, 0.29) is 31.1 Å². The van der Waals surface area contributed by atoms with Crippen molar-refractivity contribution >= 4 is 22.8 Å². The first-order chi connectivity index (χ1) is 8.73. The van der Waals surface area contributed by atoms with Crippen LogP contribution in [0.25, 0.3) is 0 Å². The molecule has 0 saturated heterocycles. The van der Waals surface area contributed by atoms with Crippen LogP contribution in [0.15, 0.2) is 0 Å². The summed E-state index contributed by atoms with van der Waals surface area (Å²) in [5, 5.41) is 11.5. The van der Waals surface area contributed by atoms with Crippen LogP contribution in [-0.4, -0.2) is 56.9 Å². The number of carbonyl (C=O) groups excluding carboxylic acids is 1. The molecule has 0 fully saturated rings. The standard InChI is InChI=1S/C12H24N2O4S/c1-9(2)14(7-5-11(15)16)12(17)13-10(3)6-8-19(4)18/h9-10H,5-8H2,1-4H3,(H,13,17)(H,15,16). The minimum absolute atomic E-state index is 0.0631. The zero-order valence-electron chi connectivity index (χ0n) is 12.0. The fourth-order valence-electron chi connectivity index (χ4n) is 1.52. The molecule has 0 aromatic heterocycles. The summed E-state index contributed by atoms with van der Waals surface area (Å²) in [4.78, 5) is 24.0. The van der Waals surface area contributed by atoms with Crippen molar-refractivity contribution in [3.63, 3.8) is 0 Å². The van der Waals surface area contributed by atoms with Gasteiger partial charge in [-0.2, -0.15) is 0 Å². The maximum absolute atomic E-state index is 12.0. The molecule has 0 heterocycles. The highest BCUT2D eigenvalue weighted by Gasteiger charge is 2.19. The maximum Gasteiger partial charge on any atom is 0.317 e. The molecule has 0 aliphatic heterocycles. The molecule has 0 rings (SSSR count). The van der Waals surface area contributed by atoms with Gasteiger partial charge in [-0.05, 0) is 27.2 Å². The lowest BCUT2D eigenvalue weighted by Gasteiger charge is -2.28. The summed E-state index contributed by atoms with van der Waals surface area (Å²) < 4.78 is 11.0. The summed E-state index contributed by atoms with van der Waals surface area (Å²) in [6.45, 7) is 5.71. The number of carboxylic acid groups (broad SMARTS) is 1. The van der Waals surface area contributed by atoms with Gasteiger partial charge in [-0.15, -0.1) is 0 Å². The molecule has 0 aromatic carbocycles. The van der Waals surface area contributed by atoms with Crippen LogP contribution in [0.1, 0.15) is 33.6 Å². The highest BCUT2D eigenvalue weighted by Crippen LogP contribution is 2.03. The summed E-state index contributed by atoms with van der Waals surface area (Å²) >= 11 is 0. The quantitative estimate of drug-likeness (QED) is 0.700. The lowest BCUT2D eigenvalue weighted by atomic mass is 10.2. The Morgan fingerprint density at radius 3 is 2.32 bits per heavy atom. The van der Waals surface area contributed by atoms with Crippen LogP contribution in [0.2, 0.25) is 0 Å². The van der Waals surface area contributed by atoms with E-state index in [1.807, 2.05) is 20.8 Å². The predicted octanol–water partition coefficient (Wildman–Crippen LogP) is 1.04. The molecule has 0 aliphatic carbocycles. The number of urea groups is 1. The highest BCUT2D eigenvalue weighted by molar-refractivity contribution is 7.84. The fourth-order valence-corrected chi connectivity index (χ4v) is 2.20. The molecular formula is C12H24N2O4S. The second kappa shape index (κ2) is 8.90. The molecule has 2 N–H and O–H groups in total. The van der Waals surface area contributed by atoms with Crippen molar-refractivity contribution in [1.29, 1.82) is 0 Å². The first kappa shape index (κ1) is 17.9. The molecule has 112 valence electrons. The van der Waals surface area contributed by atoms with E-state index in [9.17, 15) is 13.8 Å². The molecule has 0 saturated carbocycles. The SMILES string of the molecule is CC(CCS(C)=O)NC(=O)N(CCC(=O)O)C(C)C. The number of nitrogens with one attached hydrogen (secondary N) is 1. The summed E-state index contributed by atoms with van der Waals surface area (Å²) in [5.41, 5.74) is 0. The predicted molar refractivity (Wildman–Crippen MR) is 75.6 cm³/mol. The average molecular weight is 292 g/mol. The van der Waals surface area contributed by atoms with Crippen LogP contribution in [-0.2, 0) is 15.6 Å². The zero-order chi connectivity index (χ0) is 15.0. The molecule has 2 atom stereocenters. The molecule has 0 spiro atoms. The molecular weight excluding hydrogens is 268 g/mol. The lowest BCUT2D eigenvalue weighted by Crippen LogP contribution is -2.48. The highest BCUT2D eigenvalue weighted by atomic mass is 32.2. The summed E-state index contributed by atoms with van der Waals surface area (Å²) in [7, 11) is -0.873. The topological polar surface area (TPSA) is 86.7 Å². The Balaban J connectivity index is 4.31. The summed E-state index contributed by atoms with van der Waals surface area (Å²) in [5.74, 6) is -0.383. The average Bonchev–Trinajstić information content (AvgIpc) is 2.25. The van der Waals surface area contributed by atoms with Gasteiger partial charge in [0.1, 0.15) is 0 Å². The van der Waals surface area contributed by atoms with Crippen LogP contribution in [0.5, 0.6) is 0 Å². The van der Waals surface area contributed by atoms with Gasteiger partial charge in [0, 0.05) is 41.4 Å². The lowest BCUT2D eigenvalue weighted by molar-refractivity contribution is -0.137. The van der Waals surface area contributed by atoms with E-state index >= 15 is 0 Å². The Morgan fingerprint density at radius 2 is 1.89 bits per heavy atom. The fraction of sp³-hybridized carbons (Fsp3) is 0.833. The Morgan fingerprint density at radius 1 is 1.32 bits per heavy atom. The van der Waals surface area contributed by atoms with E-state index in [0.717, 1.165) is 0 Å². The van der Waals surface area contributed by atoms with Gasteiger partial charge in [-0.25, -0.2) is 4.79 Å². The second-order valence-corrected chi connectivity index (χ2v) is 6.40. The minimum atomic E-state index is -0.923. The van der Waals surface area contributed by atoms with Crippen molar-refractivity contribution in [2.75, 3.05) is 18.6 Å². The number of carboxylic acids is 1. The van der Waals surface area contributed by atoms with Crippen LogP contribution in [0.4, 0.5) is 4.79 Å². The van der Waals surface area contributed by atoms with Crippen molar-refractivity contribution in [2.24, 2.45) is 0 Å². The Hall–Kier alpha value is -1.11. The monoisotopic (exact) mass is 292 g/mol. The number of hydrogen-bond acceptors (Lipinski definition) is 3. The molecule has 0 aromatic rings. The number of amides is 2. The minimum Gasteiger partial charge on any atom is -0.481 e. The first-order valence-electron chi connectivity index (χ1n) is 6.33. The first-order valence-corrected chi connectivity index (χ1v) is 8.05. The van der Waals surface area contributed by atoms with Gasteiger partial charge in [0.15, 0.2) is 0 Å². The number of rotatable bonds is 8. The molecule has 19 heavy (non-hydrogen) atoms. The van der Waals surface area contributed by atoms with Gasteiger partial charge < -0.3 is 15.3 Å². The molecule has 0 aliphatic rings. The second-order valence-electron chi connectivity index (χ2n) is 4.85. The van der Waals surface area contributed by atoms with Crippen molar-refractivity contribution in [1.82, 2.24) is 10.2 Å². The van der Waals surface area contributed by atoms with Crippen LogP contribution >= 0.6 is 0 Å². The number of nitrogens with zero attached hydrogens (tertiary/aromatic N) is 1. The normalized spacial score (nSPS) is 13.9. The van der Waals surface area contributed by atoms with Gasteiger partial charge in [-0.1, -0.05) is 0 Å². The van der Waals surface area contributed by atoms with Crippen molar-refractivity contribution < 1.29 is 18.9 Å². The van der Waals surface area contributed by atoms with E-state index in [0.29, 0.717) is 12.2 Å². The molecule has 0 radical (unpaired) electrons. The van der Waals surface area contributed by atoms with E-state index in [2.05, 4.69) is 5.32 Å². The van der Waals surface area contributed by atoms with Crippen LogP contribution < -0.4 is 5.32 Å². The summed E-state index contributed by atoms with van der Waals surface area (Å²) in [6, 6.07) is -0.417. The van der Waals surface area contributed by atoms with Crippen molar-refractivity contribution in [3.8, 4) is 0 Å². The number of hydrogen-bond donors (Lipinski definition) is 2. The zero-order valence-corrected chi connectivity index (χ0v) is 12.8. The van der Waals surface area contributed by atoms with E-state index in [1.54, 1.807) is 6.26 Å². The van der Waals surface area contributed by atoms with Crippen LogP contribution in [0, 0.1) is 0 Å². The van der Waals surface area contributed by atoms with Gasteiger partial charge >= 0.3 is 12.0 Å². The summed E-state index contributed by atoms with van der Waals surface area (Å²) in [6.07, 6.45) is 2.19. The maximum atomic E-state index is 12.0. The number of carbonyl (C=O) groups is 2. The Bertz CT molecular complexity index is 334. The van der Waals surface area contributed by atoms with Crippen LogP contribution in [0.3, 0.4) is 0 Å². The Kier molecular flexibility index (Phi) is 8.38. The third kappa shape index (κ3) is 8.58. The van der Waals surface area contributed by atoms with E-state index in [1.165, 1.54) is 4.90 Å². The smallest absolute Gasteiger partial charge is 0.317 e. The molecule has 2 unspecified atom stereocenters. The molecule has 2 amide bonds. The van der Waals surface area contributed by atoms with E-state index < -0.39 is 16.8 Å². The molecule has 0 bridgehead atoms. The van der Waals surface area contributed by atoms with Crippen molar-refractivity contribution in [2.45, 2.75) is 45.7 Å². The third-order valence-corrected chi connectivity index (χ3v) is 3.47. The van der Waals surface area contributed by atoms with Gasteiger partial charge in [-0.3, -0.25) is 9.00 Å². The third-order valence-electron chi connectivity index (χ3n) is 2.66. The number of aliphatic carboxylic acids is 1. The molecule has 7 heteroatoms. The largest absolute Gasteiger partial charge is 0.481 e. The van der Waals surface area contributed by atoms with E-state index in [4.69, 9.17) is 5.11 Å².